The first-order chi connectivity index (χ1) is 9.15. The first-order valence-corrected chi connectivity index (χ1v) is 8.09. The van der Waals surface area contributed by atoms with Gasteiger partial charge in [-0.25, -0.2) is 4.98 Å². The van der Waals surface area contributed by atoms with Crippen LogP contribution in [0.15, 0.2) is 29.8 Å². The number of hydrogen-bond donors (Lipinski definition) is 1. The summed E-state index contributed by atoms with van der Waals surface area (Å²) in [6.07, 6.45) is 2.05. The van der Waals surface area contributed by atoms with Crippen molar-refractivity contribution in [2.45, 2.75) is 13.5 Å². The van der Waals surface area contributed by atoms with Crippen LogP contribution in [0.3, 0.4) is 0 Å². The van der Waals surface area contributed by atoms with E-state index in [0.29, 0.717) is 6.54 Å². The molecule has 0 aliphatic carbocycles. The van der Waals surface area contributed by atoms with Gasteiger partial charge in [0.2, 0.25) is 0 Å². The minimum absolute atomic E-state index is 0.712. The SMILES string of the molecule is Cc1nc2sccn2c1CNc1ccc(I)cc1Cl. The maximum absolute atomic E-state index is 6.22. The minimum Gasteiger partial charge on any atom is -0.378 e. The normalized spacial score (nSPS) is 11.1. The van der Waals surface area contributed by atoms with Gasteiger partial charge in [0.05, 0.1) is 28.6 Å². The maximum atomic E-state index is 6.22. The van der Waals surface area contributed by atoms with Crippen LogP contribution in [-0.2, 0) is 6.54 Å². The molecule has 0 spiro atoms. The van der Waals surface area contributed by atoms with Gasteiger partial charge in [0.15, 0.2) is 4.96 Å². The second kappa shape index (κ2) is 5.30. The summed E-state index contributed by atoms with van der Waals surface area (Å²) in [6.45, 7) is 2.75. The standard InChI is InChI=1S/C13H11ClIN3S/c1-8-12(18-4-5-19-13(18)17-8)7-16-11-3-2-9(15)6-10(11)14/h2-6,16H,7H2,1H3. The highest BCUT2D eigenvalue weighted by molar-refractivity contribution is 14.1. The predicted molar refractivity (Wildman–Crippen MR) is 89.3 cm³/mol. The molecule has 1 N–H and O–H groups in total. The summed E-state index contributed by atoms with van der Waals surface area (Å²) < 4.78 is 3.25. The lowest BCUT2D eigenvalue weighted by Crippen LogP contribution is -2.04. The van der Waals surface area contributed by atoms with Gasteiger partial charge >= 0.3 is 0 Å². The van der Waals surface area contributed by atoms with Crippen LogP contribution in [0.25, 0.3) is 4.96 Å². The van der Waals surface area contributed by atoms with Gasteiger partial charge in [-0.15, -0.1) is 11.3 Å². The largest absolute Gasteiger partial charge is 0.378 e. The summed E-state index contributed by atoms with van der Waals surface area (Å²) in [5, 5.41) is 6.16. The van der Waals surface area contributed by atoms with Crippen LogP contribution in [0.5, 0.6) is 0 Å². The third-order valence-electron chi connectivity index (χ3n) is 2.94. The molecular formula is C13H11ClIN3S. The number of anilines is 1. The van der Waals surface area contributed by atoms with Crippen molar-refractivity contribution in [2.24, 2.45) is 0 Å². The van der Waals surface area contributed by atoms with E-state index in [1.165, 1.54) is 5.69 Å². The fourth-order valence-corrected chi connectivity index (χ4v) is 3.67. The highest BCUT2D eigenvalue weighted by atomic mass is 127. The zero-order valence-corrected chi connectivity index (χ0v) is 13.9. The highest BCUT2D eigenvalue weighted by Gasteiger charge is 2.09. The third kappa shape index (κ3) is 2.59. The summed E-state index contributed by atoms with van der Waals surface area (Å²) in [5.41, 5.74) is 3.18. The molecule has 0 radical (unpaired) electrons. The second-order valence-corrected chi connectivity index (χ2v) is 6.70. The molecule has 6 heteroatoms. The van der Waals surface area contributed by atoms with Gasteiger partial charge in [-0.1, -0.05) is 11.6 Å². The Morgan fingerprint density at radius 1 is 1.47 bits per heavy atom. The summed E-state index contributed by atoms with van der Waals surface area (Å²) in [7, 11) is 0. The average Bonchev–Trinajstić information content (AvgIpc) is 2.90. The van der Waals surface area contributed by atoms with Crippen LogP contribution >= 0.6 is 45.5 Å². The minimum atomic E-state index is 0.712. The lowest BCUT2D eigenvalue weighted by molar-refractivity contribution is 0.994. The number of hydrogen-bond acceptors (Lipinski definition) is 3. The molecule has 0 atom stereocenters. The number of fused-ring (bicyclic) bond motifs is 1. The van der Waals surface area contributed by atoms with E-state index >= 15 is 0 Å². The third-order valence-corrected chi connectivity index (χ3v) is 4.68. The molecule has 19 heavy (non-hydrogen) atoms. The van der Waals surface area contributed by atoms with Crippen LogP contribution in [0.2, 0.25) is 5.02 Å². The lowest BCUT2D eigenvalue weighted by atomic mass is 10.3. The van der Waals surface area contributed by atoms with Gasteiger partial charge < -0.3 is 5.32 Å². The number of rotatable bonds is 3. The Bertz CT molecular complexity index is 735. The van der Waals surface area contributed by atoms with Gasteiger partial charge in [-0.3, -0.25) is 4.40 Å². The molecule has 0 saturated heterocycles. The topological polar surface area (TPSA) is 29.3 Å². The van der Waals surface area contributed by atoms with E-state index in [1.54, 1.807) is 11.3 Å². The van der Waals surface area contributed by atoms with Crippen LogP contribution in [0, 0.1) is 10.5 Å². The zero-order chi connectivity index (χ0) is 13.4. The van der Waals surface area contributed by atoms with Crippen molar-refractivity contribution in [1.29, 1.82) is 0 Å². The number of nitrogens with zero attached hydrogens (tertiary/aromatic N) is 2. The summed E-state index contributed by atoms with van der Waals surface area (Å²) in [4.78, 5) is 5.56. The highest BCUT2D eigenvalue weighted by Crippen LogP contribution is 2.25. The van der Waals surface area contributed by atoms with Crippen LogP contribution in [0.1, 0.15) is 11.4 Å². The number of thiazole rings is 1. The quantitative estimate of drug-likeness (QED) is 0.649. The molecule has 0 aliphatic rings. The number of aromatic nitrogens is 2. The predicted octanol–water partition coefficient (Wildman–Crippen LogP) is 4.57. The first-order valence-electron chi connectivity index (χ1n) is 5.75. The van der Waals surface area contributed by atoms with Crippen molar-refractivity contribution in [2.75, 3.05) is 5.32 Å². The van der Waals surface area contributed by atoms with Crippen molar-refractivity contribution >= 4 is 56.2 Å². The molecule has 1 aromatic carbocycles. The lowest BCUT2D eigenvalue weighted by Gasteiger charge is -2.08. The zero-order valence-electron chi connectivity index (χ0n) is 10.2. The fourth-order valence-electron chi connectivity index (χ4n) is 1.97. The molecule has 0 saturated carbocycles. The van der Waals surface area contributed by atoms with Crippen molar-refractivity contribution < 1.29 is 0 Å². The molecule has 98 valence electrons. The van der Waals surface area contributed by atoms with E-state index in [9.17, 15) is 0 Å². The van der Waals surface area contributed by atoms with E-state index in [2.05, 4.69) is 37.3 Å². The van der Waals surface area contributed by atoms with Gasteiger partial charge in [0.25, 0.3) is 0 Å². The Labute approximate surface area is 133 Å². The molecule has 2 aromatic heterocycles. The molecule has 0 aliphatic heterocycles. The Balaban J connectivity index is 1.85. The van der Waals surface area contributed by atoms with Gasteiger partial charge in [-0.2, -0.15) is 0 Å². The molecule has 3 aromatic rings. The fraction of sp³-hybridized carbons (Fsp3) is 0.154. The maximum Gasteiger partial charge on any atom is 0.194 e. The number of benzene rings is 1. The molecule has 0 unspecified atom stereocenters. The molecule has 0 amide bonds. The van der Waals surface area contributed by atoms with E-state index in [-0.39, 0.29) is 0 Å². The molecule has 0 bridgehead atoms. The number of nitrogens with one attached hydrogen (secondary N) is 1. The van der Waals surface area contributed by atoms with Crippen molar-refractivity contribution in [1.82, 2.24) is 9.38 Å². The first kappa shape index (κ1) is 13.2. The molecule has 0 fully saturated rings. The number of halogens is 2. The summed E-state index contributed by atoms with van der Waals surface area (Å²) >= 11 is 10.1. The molecule has 3 nitrogen and oxygen atoms in total. The average molecular weight is 404 g/mol. The Hall–Kier alpha value is -0.790. The summed E-state index contributed by atoms with van der Waals surface area (Å²) in [5.74, 6) is 0. The van der Waals surface area contributed by atoms with E-state index < -0.39 is 0 Å². The monoisotopic (exact) mass is 403 g/mol. The van der Waals surface area contributed by atoms with Gasteiger partial charge in [0, 0.05) is 15.1 Å². The van der Waals surface area contributed by atoms with E-state index in [1.807, 2.05) is 36.7 Å². The van der Waals surface area contributed by atoms with Crippen LogP contribution < -0.4 is 5.32 Å². The summed E-state index contributed by atoms with van der Waals surface area (Å²) in [6, 6.07) is 6.00. The van der Waals surface area contributed by atoms with Crippen molar-refractivity contribution in [3.8, 4) is 0 Å². The van der Waals surface area contributed by atoms with Crippen LogP contribution in [0.4, 0.5) is 5.69 Å². The van der Waals surface area contributed by atoms with E-state index in [4.69, 9.17) is 11.6 Å². The van der Waals surface area contributed by atoms with Crippen molar-refractivity contribution in [3.05, 3.63) is 49.8 Å². The van der Waals surface area contributed by atoms with Gasteiger partial charge in [0.1, 0.15) is 0 Å². The second-order valence-electron chi connectivity index (χ2n) is 4.18. The Kier molecular flexibility index (Phi) is 3.68. The van der Waals surface area contributed by atoms with E-state index in [0.717, 1.165) is 24.9 Å². The number of imidazole rings is 1. The molecular weight excluding hydrogens is 393 g/mol. The van der Waals surface area contributed by atoms with Gasteiger partial charge in [-0.05, 0) is 47.7 Å². The van der Waals surface area contributed by atoms with Crippen molar-refractivity contribution in [3.63, 3.8) is 0 Å². The smallest absolute Gasteiger partial charge is 0.194 e. The number of aryl methyl sites for hydroxylation is 1. The van der Waals surface area contributed by atoms with Crippen LogP contribution in [-0.4, -0.2) is 9.38 Å². The molecule has 2 heterocycles. The molecule has 3 rings (SSSR count). The Morgan fingerprint density at radius 3 is 3.11 bits per heavy atom. The Morgan fingerprint density at radius 2 is 2.32 bits per heavy atom.